The number of nitrogens with two attached hydrogens (primary N) is 1. The van der Waals surface area contributed by atoms with E-state index in [0.29, 0.717) is 16.4 Å². The minimum absolute atomic E-state index is 0.322. The molecule has 0 saturated carbocycles. The normalized spacial score (nSPS) is 13.1. The first kappa shape index (κ1) is 12.1. The van der Waals surface area contributed by atoms with Crippen LogP contribution in [0, 0.1) is 0 Å². The molecular weight excluding hydrogens is 289 g/mol. The highest BCUT2D eigenvalue weighted by Gasteiger charge is 2.16. The van der Waals surface area contributed by atoms with Crippen molar-refractivity contribution in [3.63, 3.8) is 0 Å². The van der Waals surface area contributed by atoms with Crippen molar-refractivity contribution in [3.05, 3.63) is 56.4 Å². The minimum atomic E-state index is -0.322. The molecule has 1 atom stereocenters. The number of rotatable bonds is 2. The van der Waals surface area contributed by atoms with E-state index in [2.05, 4.69) is 0 Å². The molecule has 2 nitrogen and oxygen atoms in total. The van der Waals surface area contributed by atoms with Crippen LogP contribution < -0.4 is 5.73 Å². The number of thiophene rings is 1. The lowest BCUT2D eigenvalue weighted by Crippen LogP contribution is -2.09. The predicted octanol–water partition coefficient (Wildman–Crippen LogP) is 4.85. The van der Waals surface area contributed by atoms with Crippen LogP contribution in [0.25, 0.3) is 11.0 Å². The number of fused-ring (bicyclic) bond motifs is 1. The zero-order chi connectivity index (χ0) is 12.7. The lowest BCUT2D eigenvalue weighted by atomic mass is 10.1. The van der Waals surface area contributed by atoms with Gasteiger partial charge in [-0.1, -0.05) is 35.3 Å². The second-order valence-electron chi connectivity index (χ2n) is 3.97. The van der Waals surface area contributed by atoms with Gasteiger partial charge in [-0.25, -0.2) is 0 Å². The third kappa shape index (κ3) is 2.04. The molecule has 2 N–H and O–H groups in total. The fourth-order valence-electron chi connectivity index (χ4n) is 1.85. The van der Waals surface area contributed by atoms with Crippen LogP contribution >= 0.6 is 34.5 Å². The number of para-hydroxylation sites is 1. The maximum atomic E-state index is 6.15. The van der Waals surface area contributed by atoms with Gasteiger partial charge in [0, 0.05) is 5.39 Å². The smallest absolute Gasteiger partial charge is 0.152 e. The summed E-state index contributed by atoms with van der Waals surface area (Å²) in [4.78, 5) is 0. The highest BCUT2D eigenvalue weighted by Crippen LogP contribution is 2.33. The Bertz CT molecular complexity index is 704. The van der Waals surface area contributed by atoms with E-state index in [4.69, 9.17) is 33.4 Å². The fraction of sp³-hybridized carbons (Fsp3) is 0.0769. The van der Waals surface area contributed by atoms with Gasteiger partial charge >= 0.3 is 0 Å². The maximum absolute atomic E-state index is 6.15. The lowest BCUT2D eigenvalue weighted by Gasteiger charge is -2.05. The maximum Gasteiger partial charge on any atom is 0.152 e. The molecule has 5 heteroatoms. The van der Waals surface area contributed by atoms with Crippen molar-refractivity contribution in [1.82, 2.24) is 0 Å². The second-order valence-corrected chi connectivity index (χ2v) is 5.92. The Morgan fingerprint density at radius 3 is 2.72 bits per heavy atom. The summed E-state index contributed by atoms with van der Waals surface area (Å²) in [7, 11) is 0. The summed E-state index contributed by atoms with van der Waals surface area (Å²) in [5.41, 5.74) is 7.77. The van der Waals surface area contributed by atoms with Crippen molar-refractivity contribution < 1.29 is 4.42 Å². The number of halogens is 2. The van der Waals surface area contributed by atoms with Crippen molar-refractivity contribution in [3.8, 4) is 0 Å². The Kier molecular flexibility index (Phi) is 3.08. The van der Waals surface area contributed by atoms with Crippen molar-refractivity contribution >= 4 is 45.5 Å². The van der Waals surface area contributed by atoms with Gasteiger partial charge in [0.1, 0.15) is 5.76 Å². The molecule has 1 unspecified atom stereocenters. The van der Waals surface area contributed by atoms with Crippen molar-refractivity contribution in [2.75, 3.05) is 0 Å². The Morgan fingerprint density at radius 2 is 2.06 bits per heavy atom. The number of hydrogen-bond acceptors (Lipinski definition) is 3. The average molecular weight is 298 g/mol. The van der Waals surface area contributed by atoms with Gasteiger partial charge in [-0.2, -0.15) is 0 Å². The average Bonchev–Trinajstić information content (AvgIpc) is 2.95. The van der Waals surface area contributed by atoms with Crippen LogP contribution in [0.2, 0.25) is 9.36 Å². The molecule has 0 aliphatic rings. The summed E-state index contributed by atoms with van der Waals surface area (Å²) >= 11 is 13.4. The van der Waals surface area contributed by atoms with E-state index in [1.165, 1.54) is 11.3 Å². The first-order valence-electron chi connectivity index (χ1n) is 5.32. The Balaban J connectivity index is 2.06. The van der Waals surface area contributed by atoms with E-state index in [1.807, 2.05) is 29.6 Å². The third-order valence-electron chi connectivity index (χ3n) is 2.77. The van der Waals surface area contributed by atoms with Crippen molar-refractivity contribution in [1.29, 1.82) is 0 Å². The van der Waals surface area contributed by atoms with Gasteiger partial charge in [0.05, 0.1) is 15.4 Å². The highest BCUT2D eigenvalue weighted by molar-refractivity contribution is 7.14. The summed E-state index contributed by atoms with van der Waals surface area (Å²) in [6.07, 6.45) is 0. The van der Waals surface area contributed by atoms with Gasteiger partial charge in [0.25, 0.3) is 0 Å². The van der Waals surface area contributed by atoms with Crippen LogP contribution in [0.5, 0.6) is 0 Å². The molecule has 3 aromatic rings. The summed E-state index contributed by atoms with van der Waals surface area (Å²) < 4.78 is 6.45. The molecular formula is C13H9Cl2NOS. The van der Waals surface area contributed by atoms with Gasteiger partial charge in [0.2, 0.25) is 0 Å². The van der Waals surface area contributed by atoms with Gasteiger partial charge in [-0.3, -0.25) is 0 Å². The summed E-state index contributed by atoms with van der Waals surface area (Å²) in [6, 6.07) is 9.07. The molecule has 0 saturated heterocycles. The fourth-order valence-corrected chi connectivity index (χ4v) is 3.00. The molecule has 2 aromatic heterocycles. The molecule has 0 amide bonds. The standard InChI is InChI=1S/C13H9Cl2NOS/c14-9-3-1-2-7-4-10(17-13(7)9)12(16)8-5-11(15)18-6-8/h1-6,12H,16H2. The van der Waals surface area contributed by atoms with E-state index < -0.39 is 0 Å². The van der Waals surface area contributed by atoms with Crippen molar-refractivity contribution in [2.45, 2.75) is 6.04 Å². The third-order valence-corrected chi connectivity index (χ3v) is 4.18. The van der Waals surface area contributed by atoms with E-state index in [1.54, 1.807) is 6.07 Å². The van der Waals surface area contributed by atoms with Crippen LogP contribution in [-0.2, 0) is 0 Å². The highest BCUT2D eigenvalue weighted by atomic mass is 35.5. The molecule has 0 fully saturated rings. The molecule has 0 bridgehead atoms. The monoisotopic (exact) mass is 297 g/mol. The molecule has 18 heavy (non-hydrogen) atoms. The largest absolute Gasteiger partial charge is 0.457 e. The minimum Gasteiger partial charge on any atom is -0.457 e. The van der Waals surface area contributed by atoms with Crippen LogP contribution in [0.4, 0.5) is 0 Å². The second kappa shape index (κ2) is 4.59. The molecule has 1 aromatic carbocycles. The van der Waals surface area contributed by atoms with Crippen LogP contribution in [0.15, 0.2) is 40.1 Å². The summed E-state index contributed by atoms with van der Waals surface area (Å²) in [6.45, 7) is 0. The van der Waals surface area contributed by atoms with Gasteiger partial charge < -0.3 is 10.2 Å². The first-order chi connectivity index (χ1) is 8.65. The van der Waals surface area contributed by atoms with E-state index in [-0.39, 0.29) is 6.04 Å². The Morgan fingerprint density at radius 1 is 1.22 bits per heavy atom. The summed E-state index contributed by atoms with van der Waals surface area (Å²) in [5.74, 6) is 0.688. The SMILES string of the molecule is NC(c1csc(Cl)c1)c1cc2cccc(Cl)c2o1. The topological polar surface area (TPSA) is 39.2 Å². The first-order valence-corrected chi connectivity index (χ1v) is 6.96. The van der Waals surface area contributed by atoms with Crippen LogP contribution in [-0.4, -0.2) is 0 Å². The quantitative estimate of drug-likeness (QED) is 0.734. The molecule has 0 radical (unpaired) electrons. The number of benzene rings is 1. The predicted molar refractivity (Wildman–Crippen MR) is 76.6 cm³/mol. The van der Waals surface area contributed by atoms with E-state index in [0.717, 1.165) is 15.3 Å². The molecule has 92 valence electrons. The van der Waals surface area contributed by atoms with Gasteiger partial charge in [-0.05, 0) is 29.1 Å². The molecule has 3 rings (SSSR count). The zero-order valence-electron chi connectivity index (χ0n) is 9.19. The van der Waals surface area contributed by atoms with Gasteiger partial charge in [-0.15, -0.1) is 11.3 Å². The Labute approximate surface area is 118 Å². The molecule has 2 heterocycles. The number of furan rings is 1. The summed E-state index contributed by atoms with van der Waals surface area (Å²) in [5, 5.41) is 3.48. The van der Waals surface area contributed by atoms with Crippen LogP contribution in [0.3, 0.4) is 0 Å². The van der Waals surface area contributed by atoms with Crippen LogP contribution in [0.1, 0.15) is 17.4 Å². The lowest BCUT2D eigenvalue weighted by molar-refractivity contribution is 0.525. The molecule has 0 aliphatic heterocycles. The zero-order valence-corrected chi connectivity index (χ0v) is 11.5. The van der Waals surface area contributed by atoms with E-state index >= 15 is 0 Å². The van der Waals surface area contributed by atoms with Crippen molar-refractivity contribution in [2.24, 2.45) is 5.73 Å². The molecule has 0 aliphatic carbocycles. The molecule has 0 spiro atoms. The van der Waals surface area contributed by atoms with E-state index in [9.17, 15) is 0 Å². The Hall–Kier alpha value is -1.00. The number of hydrogen-bond donors (Lipinski definition) is 1. The van der Waals surface area contributed by atoms with Gasteiger partial charge in [0.15, 0.2) is 5.58 Å².